The second-order valence-electron chi connectivity index (χ2n) is 7.05. The van der Waals surface area contributed by atoms with Crippen molar-refractivity contribution in [3.63, 3.8) is 0 Å². The van der Waals surface area contributed by atoms with E-state index in [-0.39, 0.29) is 11.3 Å². The molecule has 0 saturated heterocycles. The quantitative estimate of drug-likeness (QED) is 0.726. The minimum absolute atomic E-state index is 0.0346. The third-order valence-electron chi connectivity index (χ3n) is 3.83. The lowest BCUT2D eigenvalue weighted by molar-refractivity contribution is -0.120. The van der Waals surface area contributed by atoms with Gasteiger partial charge < -0.3 is 15.4 Å². The molecule has 0 unspecified atom stereocenters. The largest absolute Gasteiger partial charge is 0.492 e. The van der Waals surface area contributed by atoms with Crippen molar-refractivity contribution < 1.29 is 9.53 Å². The van der Waals surface area contributed by atoms with Crippen LogP contribution in [0.25, 0.3) is 0 Å². The number of carbonyl (C=O) groups is 1. The Morgan fingerprint density at radius 2 is 1.91 bits per heavy atom. The molecule has 1 aliphatic rings. The van der Waals surface area contributed by atoms with E-state index in [4.69, 9.17) is 4.74 Å². The van der Waals surface area contributed by atoms with Gasteiger partial charge in [0.25, 0.3) is 0 Å². The van der Waals surface area contributed by atoms with Crippen LogP contribution in [0.5, 0.6) is 5.75 Å². The summed E-state index contributed by atoms with van der Waals surface area (Å²) < 4.78 is 5.64. The summed E-state index contributed by atoms with van der Waals surface area (Å²) >= 11 is 0. The molecule has 1 amide bonds. The highest BCUT2D eigenvalue weighted by Gasteiger charge is 2.20. The molecular weight excluding hydrogens is 276 g/mol. The van der Waals surface area contributed by atoms with Gasteiger partial charge >= 0.3 is 0 Å². The Hall–Kier alpha value is -1.55. The van der Waals surface area contributed by atoms with Crippen molar-refractivity contribution in [3.05, 3.63) is 29.8 Å². The first-order valence-electron chi connectivity index (χ1n) is 8.16. The van der Waals surface area contributed by atoms with Crippen LogP contribution < -0.4 is 15.4 Å². The summed E-state index contributed by atoms with van der Waals surface area (Å²) in [6, 6.07) is 8.16. The molecule has 1 saturated carbocycles. The molecule has 122 valence electrons. The van der Waals surface area contributed by atoms with Gasteiger partial charge in [0, 0.05) is 0 Å². The van der Waals surface area contributed by atoms with Gasteiger partial charge in [0.1, 0.15) is 12.4 Å². The van der Waals surface area contributed by atoms with E-state index in [9.17, 15) is 4.79 Å². The monoisotopic (exact) mass is 304 g/mol. The van der Waals surface area contributed by atoms with Crippen molar-refractivity contribution in [2.24, 2.45) is 5.92 Å². The summed E-state index contributed by atoms with van der Waals surface area (Å²) in [6.07, 6.45) is 2.60. The van der Waals surface area contributed by atoms with E-state index in [0.717, 1.165) is 18.2 Å². The lowest BCUT2D eigenvalue weighted by Gasteiger charge is -2.19. The Balaban J connectivity index is 1.58. The van der Waals surface area contributed by atoms with Crippen LogP contribution in [-0.2, 0) is 10.2 Å². The number of ether oxygens (including phenoxy) is 1. The minimum Gasteiger partial charge on any atom is -0.492 e. The Labute approximate surface area is 133 Å². The predicted molar refractivity (Wildman–Crippen MR) is 89.2 cm³/mol. The number of rotatable bonds is 8. The molecule has 1 aromatic carbocycles. The van der Waals surface area contributed by atoms with Gasteiger partial charge in [-0.05, 0) is 48.4 Å². The molecule has 0 aromatic heterocycles. The summed E-state index contributed by atoms with van der Waals surface area (Å²) in [5.41, 5.74) is 1.44. The summed E-state index contributed by atoms with van der Waals surface area (Å²) in [4.78, 5) is 11.6. The second kappa shape index (κ2) is 7.63. The highest BCUT2D eigenvalue weighted by molar-refractivity contribution is 5.77. The van der Waals surface area contributed by atoms with Crippen LogP contribution in [0.15, 0.2) is 24.3 Å². The van der Waals surface area contributed by atoms with Gasteiger partial charge in [-0.25, -0.2) is 0 Å². The molecule has 4 heteroatoms. The molecule has 1 aliphatic carbocycles. The molecule has 0 atom stereocenters. The van der Waals surface area contributed by atoms with Crippen LogP contribution in [0.4, 0.5) is 0 Å². The van der Waals surface area contributed by atoms with Gasteiger partial charge in [-0.15, -0.1) is 0 Å². The number of hydrogen-bond acceptors (Lipinski definition) is 3. The van der Waals surface area contributed by atoms with Gasteiger partial charge in [-0.2, -0.15) is 0 Å². The topological polar surface area (TPSA) is 50.4 Å². The van der Waals surface area contributed by atoms with E-state index in [1.54, 1.807) is 0 Å². The molecule has 0 radical (unpaired) electrons. The van der Waals surface area contributed by atoms with Crippen LogP contribution in [0, 0.1) is 5.92 Å². The van der Waals surface area contributed by atoms with Crippen LogP contribution in [0.3, 0.4) is 0 Å². The fraction of sp³-hybridized carbons (Fsp3) is 0.611. The lowest BCUT2D eigenvalue weighted by Crippen LogP contribution is -2.36. The molecule has 2 rings (SSSR count). The van der Waals surface area contributed by atoms with Crippen molar-refractivity contribution >= 4 is 5.91 Å². The van der Waals surface area contributed by atoms with Crippen molar-refractivity contribution in [1.82, 2.24) is 10.6 Å². The number of nitrogens with one attached hydrogen (secondary N) is 2. The summed E-state index contributed by atoms with van der Waals surface area (Å²) in [5.74, 6) is 1.67. The molecule has 22 heavy (non-hydrogen) atoms. The van der Waals surface area contributed by atoms with Crippen molar-refractivity contribution in [2.75, 3.05) is 26.2 Å². The van der Waals surface area contributed by atoms with E-state index in [0.29, 0.717) is 19.7 Å². The van der Waals surface area contributed by atoms with Crippen molar-refractivity contribution in [3.8, 4) is 5.75 Å². The normalized spacial score (nSPS) is 14.7. The molecule has 2 N–H and O–H groups in total. The third kappa shape index (κ3) is 6.06. The molecule has 0 bridgehead atoms. The van der Waals surface area contributed by atoms with Gasteiger partial charge in [-0.3, -0.25) is 4.79 Å². The average Bonchev–Trinajstić information content (AvgIpc) is 3.27. The van der Waals surface area contributed by atoms with Crippen LogP contribution in [0.2, 0.25) is 0 Å². The first kappa shape index (κ1) is 16.8. The average molecular weight is 304 g/mol. The zero-order valence-electron chi connectivity index (χ0n) is 13.9. The van der Waals surface area contributed by atoms with Gasteiger partial charge in [-0.1, -0.05) is 32.9 Å². The molecule has 1 fully saturated rings. The van der Waals surface area contributed by atoms with Crippen molar-refractivity contribution in [1.29, 1.82) is 0 Å². The number of benzene rings is 1. The number of carbonyl (C=O) groups excluding carboxylic acids is 1. The molecule has 0 spiro atoms. The van der Waals surface area contributed by atoms with E-state index < -0.39 is 0 Å². The maximum Gasteiger partial charge on any atom is 0.234 e. The highest BCUT2D eigenvalue weighted by Crippen LogP contribution is 2.27. The Morgan fingerprint density at radius 1 is 1.23 bits per heavy atom. The number of hydrogen-bond donors (Lipinski definition) is 2. The molecule has 0 aliphatic heterocycles. The molecule has 0 heterocycles. The minimum atomic E-state index is 0.0346. The van der Waals surface area contributed by atoms with Gasteiger partial charge in [0.15, 0.2) is 0 Å². The number of amides is 1. The summed E-state index contributed by atoms with van der Waals surface area (Å²) in [6.45, 7) is 8.95. The van der Waals surface area contributed by atoms with Crippen molar-refractivity contribution in [2.45, 2.75) is 39.0 Å². The smallest absolute Gasteiger partial charge is 0.234 e. The van der Waals surface area contributed by atoms with Gasteiger partial charge in [0.05, 0.1) is 13.1 Å². The van der Waals surface area contributed by atoms with Crippen LogP contribution >= 0.6 is 0 Å². The molecular formula is C18H28N2O2. The van der Waals surface area contributed by atoms with E-state index in [1.165, 1.54) is 18.4 Å². The Bertz CT molecular complexity index is 473. The standard InChI is InChI=1S/C18H28N2O2/c1-18(2,3)15-6-8-16(9-7-15)22-11-10-20-17(21)13-19-12-14-4-5-14/h6-9,14,19H,4-5,10-13H2,1-3H3,(H,20,21). The van der Waals surface area contributed by atoms with E-state index in [2.05, 4.69) is 43.5 Å². The first-order valence-corrected chi connectivity index (χ1v) is 8.16. The SMILES string of the molecule is CC(C)(C)c1ccc(OCCNC(=O)CNCC2CC2)cc1. The highest BCUT2D eigenvalue weighted by atomic mass is 16.5. The van der Waals surface area contributed by atoms with E-state index >= 15 is 0 Å². The fourth-order valence-corrected chi connectivity index (χ4v) is 2.18. The maximum atomic E-state index is 11.6. The zero-order valence-corrected chi connectivity index (χ0v) is 13.9. The summed E-state index contributed by atoms with van der Waals surface area (Å²) in [5, 5.41) is 6.03. The Kier molecular flexibility index (Phi) is 5.83. The van der Waals surface area contributed by atoms with Gasteiger partial charge in [0.2, 0.25) is 5.91 Å². The second-order valence-corrected chi connectivity index (χ2v) is 7.05. The molecule has 4 nitrogen and oxygen atoms in total. The fourth-order valence-electron chi connectivity index (χ4n) is 2.18. The zero-order chi connectivity index (χ0) is 16.0. The predicted octanol–water partition coefficient (Wildman–Crippen LogP) is 2.48. The van der Waals surface area contributed by atoms with Crippen LogP contribution in [0.1, 0.15) is 39.2 Å². The Morgan fingerprint density at radius 3 is 2.50 bits per heavy atom. The maximum absolute atomic E-state index is 11.6. The molecule has 1 aromatic rings. The summed E-state index contributed by atoms with van der Waals surface area (Å²) in [7, 11) is 0. The van der Waals surface area contributed by atoms with Crippen LogP contribution in [-0.4, -0.2) is 32.1 Å². The first-order chi connectivity index (χ1) is 10.4. The lowest BCUT2D eigenvalue weighted by atomic mass is 9.87. The van der Waals surface area contributed by atoms with E-state index in [1.807, 2.05) is 12.1 Å². The third-order valence-corrected chi connectivity index (χ3v) is 3.83.